The number of hydrogen-bond donors (Lipinski definition) is 1. The molecule has 1 N–H and O–H groups in total. The standard InChI is InChI=1S/C29H36N6O5/c1-4-13-32-14-7-11-22-23(26(32)37)24-27(38)35(21(16-36)18(2)3)25-28(39)33(15-8-12-29(24,25)40-22)17-34-20-10-6-5-9-19(20)30-31-34/h5-12,18,21-25,36H,4,13-17H2,1-3H3/t21-,22+,23-,24-,25?,29-/m0/s1. The highest BCUT2D eigenvalue weighted by Crippen LogP contribution is 2.54. The van der Waals surface area contributed by atoms with E-state index in [0.717, 1.165) is 17.5 Å². The summed E-state index contributed by atoms with van der Waals surface area (Å²) in [5, 5.41) is 18.9. The van der Waals surface area contributed by atoms with Crippen LogP contribution in [0.15, 0.2) is 48.6 Å². The predicted molar refractivity (Wildman–Crippen MR) is 145 cm³/mol. The molecule has 6 atom stereocenters. The molecule has 0 bridgehead atoms. The first-order chi connectivity index (χ1) is 19.3. The van der Waals surface area contributed by atoms with Gasteiger partial charge in [0.05, 0.1) is 36.1 Å². The Bertz CT molecular complexity index is 1390. The van der Waals surface area contributed by atoms with Crippen molar-refractivity contribution in [3.63, 3.8) is 0 Å². The first-order valence-electron chi connectivity index (χ1n) is 14.1. The maximum absolute atomic E-state index is 14.5. The van der Waals surface area contributed by atoms with E-state index >= 15 is 0 Å². The first-order valence-corrected chi connectivity index (χ1v) is 14.1. The summed E-state index contributed by atoms with van der Waals surface area (Å²) in [6.07, 6.45) is 7.64. The van der Waals surface area contributed by atoms with Gasteiger partial charge in [-0.05, 0) is 24.5 Å². The third-order valence-electron chi connectivity index (χ3n) is 8.80. The molecule has 2 saturated heterocycles. The maximum atomic E-state index is 14.5. The number of benzene rings is 1. The van der Waals surface area contributed by atoms with Crippen molar-refractivity contribution < 1.29 is 24.2 Å². The lowest BCUT2D eigenvalue weighted by atomic mass is 9.77. The van der Waals surface area contributed by atoms with Crippen LogP contribution in [0.4, 0.5) is 0 Å². The van der Waals surface area contributed by atoms with E-state index in [2.05, 4.69) is 10.3 Å². The Morgan fingerprint density at radius 1 is 1.07 bits per heavy atom. The van der Waals surface area contributed by atoms with Crippen molar-refractivity contribution in [2.75, 3.05) is 26.2 Å². The molecular weight excluding hydrogens is 512 g/mol. The fourth-order valence-corrected chi connectivity index (χ4v) is 6.93. The number of nitrogens with zero attached hydrogens (tertiary/aromatic N) is 6. The Balaban J connectivity index is 1.43. The van der Waals surface area contributed by atoms with E-state index in [4.69, 9.17) is 4.74 Å². The molecule has 11 heteroatoms. The van der Waals surface area contributed by atoms with Crippen LogP contribution in [0.3, 0.4) is 0 Å². The summed E-state index contributed by atoms with van der Waals surface area (Å²) >= 11 is 0. The molecule has 2 fully saturated rings. The quantitative estimate of drug-likeness (QED) is 0.516. The SMILES string of the molecule is CCCN1CC=C[C@H]2O[C@]34C=CCN(Cn5nnc6ccccc65)C(=O)C3N([C@@H](CO)C(C)C)C(=O)[C@@H]4[C@H]2C1=O. The van der Waals surface area contributed by atoms with Crippen LogP contribution in [0.2, 0.25) is 0 Å². The van der Waals surface area contributed by atoms with Crippen molar-refractivity contribution in [1.82, 2.24) is 29.7 Å². The van der Waals surface area contributed by atoms with Crippen molar-refractivity contribution in [1.29, 1.82) is 0 Å². The summed E-state index contributed by atoms with van der Waals surface area (Å²) in [5.74, 6) is -2.52. The summed E-state index contributed by atoms with van der Waals surface area (Å²) in [5.41, 5.74) is 0.174. The number of aliphatic hydroxyl groups is 1. The van der Waals surface area contributed by atoms with E-state index < -0.39 is 35.6 Å². The molecule has 1 aromatic carbocycles. The molecule has 0 radical (unpaired) electrons. The van der Waals surface area contributed by atoms with Gasteiger partial charge in [0.1, 0.15) is 23.8 Å². The van der Waals surface area contributed by atoms with Crippen LogP contribution in [0.5, 0.6) is 0 Å². The number of aliphatic hydroxyl groups excluding tert-OH is 1. The van der Waals surface area contributed by atoms with Crippen LogP contribution < -0.4 is 0 Å². The second-order valence-corrected chi connectivity index (χ2v) is 11.5. The van der Waals surface area contributed by atoms with Crippen LogP contribution in [0, 0.1) is 17.8 Å². The minimum atomic E-state index is -1.33. The average molecular weight is 549 g/mol. The number of amides is 3. The molecule has 212 valence electrons. The smallest absolute Gasteiger partial charge is 0.250 e. The molecule has 3 amide bonds. The van der Waals surface area contributed by atoms with Gasteiger partial charge in [0.2, 0.25) is 11.8 Å². The number of para-hydroxylation sites is 1. The third-order valence-corrected chi connectivity index (χ3v) is 8.80. The van der Waals surface area contributed by atoms with Gasteiger partial charge in [0.15, 0.2) is 0 Å². The van der Waals surface area contributed by atoms with Gasteiger partial charge < -0.3 is 24.5 Å². The van der Waals surface area contributed by atoms with Gasteiger partial charge in [-0.1, -0.05) is 62.4 Å². The first kappa shape index (κ1) is 26.6. The molecule has 1 aromatic heterocycles. The van der Waals surface area contributed by atoms with Gasteiger partial charge in [-0.2, -0.15) is 0 Å². The topological polar surface area (TPSA) is 121 Å². The van der Waals surface area contributed by atoms with Crippen LogP contribution in [-0.2, 0) is 25.8 Å². The summed E-state index contributed by atoms with van der Waals surface area (Å²) < 4.78 is 8.35. The summed E-state index contributed by atoms with van der Waals surface area (Å²) in [6.45, 7) is 6.97. The zero-order valence-electron chi connectivity index (χ0n) is 23.1. The molecule has 0 saturated carbocycles. The molecule has 0 aliphatic carbocycles. The van der Waals surface area contributed by atoms with E-state index in [1.807, 2.05) is 69.3 Å². The summed E-state index contributed by atoms with van der Waals surface area (Å²) in [4.78, 5) is 47.7. The van der Waals surface area contributed by atoms with Crippen LogP contribution in [0.25, 0.3) is 11.0 Å². The second-order valence-electron chi connectivity index (χ2n) is 11.5. The molecule has 6 rings (SSSR count). The van der Waals surface area contributed by atoms with Gasteiger partial charge >= 0.3 is 0 Å². The molecule has 2 aromatic rings. The van der Waals surface area contributed by atoms with Gasteiger partial charge in [0, 0.05) is 19.6 Å². The third kappa shape index (κ3) is 3.89. The number of rotatable bonds is 7. The number of ether oxygens (including phenoxy) is 1. The normalized spacial score (nSPS) is 30.6. The van der Waals surface area contributed by atoms with Crippen LogP contribution in [0.1, 0.15) is 27.2 Å². The molecule has 40 heavy (non-hydrogen) atoms. The van der Waals surface area contributed by atoms with Gasteiger partial charge in [0.25, 0.3) is 5.91 Å². The van der Waals surface area contributed by atoms with Crippen molar-refractivity contribution in [2.45, 2.75) is 57.6 Å². The second kappa shape index (κ2) is 10.1. The van der Waals surface area contributed by atoms with Crippen LogP contribution >= 0.6 is 0 Å². The lowest BCUT2D eigenvalue weighted by molar-refractivity contribution is -0.153. The number of carbonyl (C=O) groups excluding carboxylic acids is 3. The minimum absolute atomic E-state index is 0.129. The van der Waals surface area contributed by atoms with E-state index in [1.54, 1.807) is 14.5 Å². The van der Waals surface area contributed by atoms with Gasteiger partial charge in [-0.15, -0.1) is 5.10 Å². The molecule has 5 heterocycles. The highest BCUT2D eigenvalue weighted by Gasteiger charge is 2.72. The minimum Gasteiger partial charge on any atom is -0.394 e. The molecule has 1 spiro atoms. The lowest BCUT2D eigenvalue weighted by Crippen LogP contribution is -2.59. The Hall–Kier alpha value is -3.57. The van der Waals surface area contributed by atoms with E-state index in [-0.39, 0.29) is 43.5 Å². The zero-order valence-corrected chi connectivity index (χ0v) is 23.1. The van der Waals surface area contributed by atoms with E-state index in [0.29, 0.717) is 13.1 Å². The number of fused-ring (bicyclic) bond motifs is 3. The fourth-order valence-electron chi connectivity index (χ4n) is 6.93. The Morgan fingerprint density at radius 2 is 1.85 bits per heavy atom. The molecule has 4 aliphatic rings. The highest BCUT2D eigenvalue weighted by molar-refractivity contribution is 6.00. The Kier molecular flexibility index (Phi) is 6.74. The summed E-state index contributed by atoms with van der Waals surface area (Å²) in [6, 6.07) is 5.87. The average Bonchev–Trinajstić information content (AvgIpc) is 3.49. The predicted octanol–water partition coefficient (Wildman–Crippen LogP) is 1.19. The van der Waals surface area contributed by atoms with E-state index in [1.165, 1.54) is 4.90 Å². The molecular formula is C29H36N6O5. The lowest BCUT2D eigenvalue weighted by Gasteiger charge is -2.39. The molecule has 4 aliphatic heterocycles. The van der Waals surface area contributed by atoms with E-state index in [9.17, 15) is 19.5 Å². The monoisotopic (exact) mass is 548 g/mol. The number of carbonyl (C=O) groups is 3. The van der Waals surface area contributed by atoms with Gasteiger partial charge in [-0.3, -0.25) is 14.4 Å². The van der Waals surface area contributed by atoms with Crippen molar-refractivity contribution in [3.05, 3.63) is 48.6 Å². The van der Waals surface area contributed by atoms with Crippen molar-refractivity contribution in [3.8, 4) is 0 Å². The highest BCUT2D eigenvalue weighted by atomic mass is 16.5. The number of aromatic nitrogens is 3. The maximum Gasteiger partial charge on any atom is 0.250 e. The van der Waals surface area contributed by atoms with Crippen molar-refractivity contribution >= 4 is 28.8 Å². The Morgan fingerprint density at radius 3 is 2.60 bits per heavy atom. The molecule has 1 unspecified atom stereocenters. The number of hydrogen-bond acceptors (Lipinski definition) is 7. The summed E-state index contributed by atoms with van der Waals surface area (Å²) in [7, 11) is 0. The largest absolute Gasteiger partial charge is 0.394 e. The zero-order chi connectivity index (χ0) is 28.2. The van der Waals surface area contributed by atoms with Crippen LogP contribution in [-0.4, -0.2) is 103 Å². The fraction of sp³-hybridized carbons (Fsp3) is 0.552. The van der Waals surface area contributed by atoms with Crippen molar-refractivity contribution in [2.24, 2.45) is 17.8 Å². The molecule has 11 nitrogen and oxygen atoms in total. The van der Waals surface area contributed by atoms with Gasteiger partial charge in [-0.25, -0.2) is 4.68 Å². The Labute approximate surface area is 233 Å². The number of likely N-dealkylation sites (tertiary alicyclic amines) is 1.